The fourth-order valence-corrected chi connectivity index (χ4v) is 3.18. The first-order valence-corrected chi connectivity index (χ1v) is 8.73. The van der Waals surface area contributed by atoms with Crippen molar-refractivity contribution in [3.63, 3.8) is 0 Å². The van der Waals surface area contributed by atoms with Crippen molar-refractivity contribution >= 4 is 11.8 Å². The van der Waals surface area contributed by atoms with Crippen LogP contribution in [-0.2, 0) is 17.7 Å². The van der Waals surface area contributed by atoms with Crippen LogP contribution in [0.15, 0.2) is 42.1 Å². The number of ketones is 1. The Kier molecular flexibility index (Phi) is 5.21. The molecular weight excluding hydrogens is 330 g/mol. The zero-order valence-electron chi connectivity index (χ0n) is 15.4. The molecule has 0 saturated carbocycles. The van der Waals surface area contributed by atoms with E-state index in [0.29, 0.717) is 30.6 Å². The number of Topliss-reactive ketones (excluding diaryl/α,β-unsaturated/α-hetero) is 1. The normalized spacial score (nSPS) is 15.0. The van der Waals surface area contributed by atoms with Crippen LogP contribution < -0.4 is 0 Å². The van der Waals surface area contributed by atoms with Gasteiger partial charge in [0.25, 0.3) is 0 Å². The Morgan fingerprint density at radius 2 is 2.00 bits per heavy atom. The zero-order valence-corrected chi connectivity index (χ0v) is 15.4. The number of hydrogen-bond acceptors (Lipinski definition) is 5. The summed E-state index contributed by atoms with van der Waals surface area (Å²) in [5.74, 6) is -0.540. The number of carbonyl (C=O) groups excluding carboxylic acids is 2. The second-order valence-electron chi connectivity index (χ2n) is 6.49. The van der Waals surface area contributed by atoms with Crippen molar-refractivity contribution in [2.75, 3.05) is 20.7 Å². The standard InChI is InChI=1S/C20H23N3O3/c1-4-26-20(25)17-16-11-10-15(13-22(2)3)19(24)18(16)23(21-17)12-14-8-6-5-7-9-14/h5-9,13H,4,10-12H2,1-3H3/b15-13+. The minimum Gasteiger partial charge on any atom is -0.461 e. The SMILES string of the molecule is CCOC(=O)c1nn(Cc2ccccc2)c2c1CC/C(=C\N(C)C)C2=O. The largest absolute Gasteiger partial charge is 0.461 e. The Balaban J connectivity index is 2.07. The molecule has 0 saturated heterocycles. The van der Waals surface area contributed by atoms with Crippen LogP contribution in [0.2, 0.25) is 0 Å². The summed E-state index contributed by atoms with van der Waals surface area (Å²) in [6.45, 7) is 2.47. The zero-order chi connectivity index (χ0) is 18.7. The van der Waals surface area contributed by atoms with Gasteiger partial charge in [-0.1, -0.05) is 30.3 Å². The number of rotatable bonds is 5. The van der Waals surface area contributed by atoms with E-state index in [1.807, 2.05) is 55.5 Å². The molecular formula is C20H23N3O3. The summed E-state index contributed by atoms with van der Waals surface area (Å²) in [6, 6.07) is 9.77. The number of fused-ring (bicyclic) bond motifs is 1. The molecule has 1 heterocycles. The molecule has 1 aliphatic carbocycles. The van der Waals surface area contributed by atoms with E-state index < -0.39 is 5.97 Å². The number of ether oxygens (including phenoxy) is 1. The van der Waals surface area contributed by atoms with Crippen molar-refractivity contribution in [2.24, 2.45) is 0 Å². The topological polar surface area (TPSA) is 64.4 Å². The number of aromatic nitrogens is 2. The summed E-state index contributed by atoms with van der Waals surface area (Å²) in [5.41, 5.74) is 3.20. The maximum Gasteiger partial charge on any atom is 0.359 e. The van der Waals surface area contributed by atoms with Crippen LogP contribution >= 0.6 is 0 Å². The second-order valence-corrected chi connectivity index (χ2v) is 6.49. The Morgan fingerprint density at radius 3 is 2.65 bits per heavy atom. The summed E-state index contributed by atoms with van der Waals surface area (Å²) < 4.78 is 6.78. The predicted molar refractivity (Wildman–Crippen MR) is 98.1 cm³/mol. The number of carbonyl (C=O) groups is 2. The molecule has 6 heteroatoms. The van der Waals surface area contributed by atoms with E-state index >= 15 is 0 Å². The number of hydrogen-bond donors (Lipinski definition) is 0. The van der Waals surface area contributed by atoms with Crippen LogP contribution in [-0.4, -0.2) is 47.1 Å². The average Bonchev–Trinajstić information content (AvgIpc) is 2.97. The van der Waals surface area contributed by atoms with Gasteiger partial charge < -0.3 is 9.64 Å². The molecule has 0 spiro atoms. The van der Waals surface area contributed by atoms with Crippen LogP contribution in [0.4, 0.5) is 0 Å². The van der Waals surface area contributed by atoms with Gasteiger partial charge in [-0.15, -0.1) is 0 Å². The quantitative estimate of drug-likeness (QED) is 0.611. The molecule has 0 atom stereocenters. The monoisotopic (exact) mass is 353 g/mol. The highest BCUT2D eigenvalue weighted by Crippen LogP contribution is 2.29. The van der Waals surface area contributed by atoms with Crippen LogP contribution in [0.5, 0.6) is 0 Å². The number of esters is 1. The summed E-state index contributed by atoms with van der Waals surface area (Å²) in [7, 11) is 3.78. The molecule has 0 unspecified atom stereocenters. The Labute approximate surface area is 153 Å². The lowest BCUT2D eigenvalue weighted by Gasteiger charge is -2.18. The predicted octanol–water partition coefficient (Wildman–Crippen LogP) is 2.68. The first-order chi connectivity index (χ1) is 12.5. The molecule has 0 radical (unpaired) electrons. The van der Waals surface area contributed by atoms with E-state index in [9.17, 15) is 9.59 Å². The van der Waals surface area contributed by atoms with Gasteiger partial charge in [-0.2, -0.15) is 5.10 Å². The average molecular weight is 353 g/mol. The van der Waals surface area contributed by atoms with Gasteiger partial charge in [-0.3, -0.25) is 9.48 Å². The molecule has 1 aromatic carbocycles. The summed E-state index contributed by atoms with van der Waals surface area (Å²) in [4.78, 5) is 27.2. The minimum atomic E-state index is -0.469. The lowest BCUT2D eigenvalue weighted by atomic mass is 9.90. The van der Waals surface area contributed by atoms with Gasteiger partial charge in [0, 0.05) is 31.4 Å². The fourth-order valence-electron chi connectivity index (χ4n) is 3.18. The van der Waals surface area contributed by atoms with E-state index in [1.54, 1.807) is 11.6 Å². The first-order valence-electron chi connectivity index (χ1n) is 8.73. The summed E-state index contributed by atoms with van der Waals surface area (Å²) >= 11 is 0. The highest BCUT2D eigenvalue weighted by atomic mass is 16.5. The highest BCUT2D eigenvalue weighted by molar-refractivity contribution is 6.11. The molecule has 6 nitrogen and oxygen atoms in total. The van der Waals surface area contributed by atoms with Crippen molar-refractivity contribution in [2.45, 2.75) is 26.3 Å². The summed E-state index contributed by atoms with van der Waals surface area (Å²) in [5, 5.41) is 4.45. The van der Waals surface area contributed by atoms with E-state index in [1.165, 1.54) is 0 Å². The molecule has 26 heavy (non-hydrogen) atoms. The molecule has 2 aromatic rings. The van der Waals surface area contributed by atoms with E-state index in [4.69, 9.17) is 4.74 Å². The third-order valence-electron chi connectivity index (χ3n) is 4.26. The van der Waals surface area contributed by atoms with Gasteiger partial charge in [-0.25, -0.2) is 4.79 Å². The van der Waals surface area contributed by atoms with E-state index in [0.717, 1.165) is 11.1 Å². The Bertz CT molecular complexity index is 851. The van der Waals surface area contributed by atoms with Gasteiger partial charge in [0.15, 0.2) is 5.69 Å². The summed E-state index contributed by atoms with van der Waals surface area (Å²) in [6.07, 6.45) is 3.03. The third kappa shape index (κ3) is 3.54. The van der Waals surface area contributed by atoms with Crippen molar-refractivity contribution in [1.82, 2.24) is 14.7 Å². The first kappa shape index (κ1) is 17.9. The molecule has 0 fully saturated rings. The molecule has 0 bridgehead atoms. The lowest BCUT2D eigenvalue weighted by molar-refractivity contribution is 0.0517. The number of benzene rings is 1. The van der Waals surface area contributed by atoms with E-state index in [-0.39, 0.29) is 18.1 Å². The second kappa shape index (κ2) is 7.56. The van der Waals surface area contributed by atoms with Gasteiger partial charge in [-0.05, 0) is 25.3 Å². The molecule has 0 amide bonds. The van der Waals surface area contributed by atoms with Crippen molar-refractivity contribution in [3.8, 4) is 0 Å². The maximum absolute atomic E-state index is 13.0. The molecule has 1 aromatic heterocycles. The molecule has 136 valence electrons. The van der Waals surface area contributed by atoms with Gasteiger partial charge in [0.2, 0.25) is 5.78 Å². The number of allylic oxidation sites excluding steroid dienone is 1. The fraction of sp³-hybridized carbons (Fsp3) is 0.350. The molecule has 0 aliphatic heterocycles. The molecule has 0 N–H and O–H groups in total. The van der Waals surface area contributed by atoms with Crippen molar-refractivity contribution < 1.29 is 14.3 Å². The highest BCUT2D eigenvalue weighted by Gasteiger charge is 2.33. The number of nitrogens with zero attached hydrogens (tertiary/aromatic N) is 3. The molecule has 3 rings (SSSR count). The van der Waals surface area contributed by atoms with Gasteiger partial charge >= 0.3 is 5.97 Å². The smallest absolute Gasteiger partial charge is 0.359 e. The maximum atomic E-state index is 13.0. The van der Waals surface area contributed by atoms with Crippen LogP contribution in [0, 0.1) is 0 Å². The van der Waals surface area contributed by atoms with Crippen molar-refractivity contribution in [3.05, 3.63) is 64.6 Å². The van der Waals surface area contributed by atoms with Crippen LogP contribution in [0.3, 0.4) is 0 Å². The Morgan fingerprint density at radius 1 is 1.27 bits per heavy atom. The Hall–Kier alpha value is -2.89. The molecule has 1 aliphatic rings. The van der Waals surface area contributed by atoms with Crippen LogP contribution in [0.25, 0.3) is 0 Å². The van der Waals surface area contributed by atoms with Gasteiger partial charge in [0.1, 0.15) is 5.69 Å². The van der Waals surface area contributed by atoms with Gasteiger partial charge in [0.05, 0.1) is 13.2 Å². The van der Waals surface area contributed by atoms with Crippen molar-refractivity contribution in [1.29, 1.82) is 0 Å². The third-order valence-corrected chi connectivity index (χ3v) is 4.26. The lowest BCUT2D eigenvalue weighted by Crippen LogP contribution is -2.21. The van der Waals surface area contributed by atoms with Crippen LogP contribution in [0.1, 0.15) is 45.4 Å². The van der Waals surface area contributed by atoms with E-state index in [2.05, 4.69) is 5.10 Å². The minimum absolute atomic E-state index is 0.0704.